The molecule has 1 amide bonds. The minimum Gasteiger partial charge on any atom is -0.449 e. The molecule has 0 N–H and O–H groups in total. The van der Waals surface area contributed by atoms with Gasteiger partial charge in [0.05, 0.1) is 24.5 Å². The molecule has 7 heteroatoms. The van der Waals surface area contributed by atoms with Gasteiger partial charge in [0.1, 0.15) is 0 Å². The summed E-state index contributed by atoms with van der Waals surface area (Å²) in [7, 11) is 0. The van der Waals surface area contributed by atoms with E-state index in [9.17, 15) is 14.4 Å². The molecular weight excluding hydrogens is 362 g/mol. The van der Waals surface area contributed by atoms with Crippen molar-refractivity contribution in [2.45, 2.75) is 58.8 Å². The van der Waals surface area contributed by atoms with Crippen molar-refractivity contribution in [2.24, 2.45) is 0 Å². The van der Waals surface area contributed by atoms with Crippen molar-refractivity contribution in [3.8, 4) is 0 Å². The molecule has 7 nitrogen and oxygen atoms in total. The quantitative estimate of drug-likeness (QED) is 0.500. The van der Waals surface area contributed by atoms with E-state index < -0.39 is 18.2 Å². The lowest BCUT2D eigenvalue weighted by Gasteiger charge is -2.26. The second-order valence-electron chi connectivity index (χ2n) is 6.63. The average molecular weight is 391 g/mol. The Morgan fingerprint density at radius 1 is 1.00 bits per heavy atom. The molecule has 0 saturated heterocycles. The summed E-state index contributed by atoms with van der Waals surface area (Å²) in [5.41, 5.74) is 1.59. The number of esters is 1. The number of ether oxygens (including phenoxy) is 3. The number of amides is 1. The number of hydrogen-bond acceptors (Lipinski definition) is 6. The van der Waals surface area contributed by atoms with Gasteiger partial charge >= 0.3 is 18.2 Å². The fraction of sp³-hybridized carbons (Fsp3) is 0.571. The van der Waals surface area contributed by atoms with Crippen LogP contribution in [0.3, 0.4) is 0 Å². The summed E-state index contributed by atoms with van der Waals surface area (Å²) in [4.78, 5) is 37.9. The summed E-state index contributed by atoms with van der Waals surface area (Å²) in [5.74, 6) is -0.463. The number of anilines is 1. The molecule has 0 spiro atoms. The third-order valence-electron chi connectivity index (χ3n) is 4.85. The van der Waals surface area contributed by atoms with E-state index in [2.05, 4.69) is 4.74 Å². The molecule has 1 aromatic rings. The third-order valence-corrected chi connectivity index (χ3v) is 4.85. The molecule has 28 heavy (non-hydrogen) atoms. The first-order valence-electron chi connectivity index (χ1n) is 9.98. The normalized spacial score (nSPS) is 14.2. The van der Waals surface area contributed by atoms with E-state index in [1.807, 2.05) is 12.1 Å². The molecule has 0 aromatic heterocycles. The van der Waals surface area contributed by atoms with E-state index in [1.54, 1.807) is 26.8 Å². The predicted molar refractivity (Wildman–Crippen MR) is 105 cm³/mol. The van der Waals surface area contributed by atoms with E-state index in [-0.39, 0.29) is 18.8 Å². The van der Waals surface area contributed by atoms with Crippen LogP contribution >= 0.6 is 0 Å². The number of benzene rings is 1. The standard InChI is InChI=1S/C21H29NO6/c1-4-22(20(24)26-5-2)18-14-16(15-10-8-7-9-11-15)12-13-17(18)19(23)28-21(25)27-6-3/h12-15H,4-11H2,1-3H3. The molecule has 0 bridgehead atoms. The molecule has 0 radical (unpaired) electrons. The van der Waals surface area contributed by atoms with Crippen LogP contribution in [0, 0.1) is 0 Å². The lowest BCUT2D eigenvalue weighted by molar-refractivity contribution is 0.0402. The molecular formula is C21H29NO6. The Bertz CT molecular complexity index is 696. The number of rotatable bonds is 6. The molecule has 1 fully saturated rings. The van der Waals surface area contributed by atoms with Crippen LogP contribution in [0.2, 0.25) is 0 Å². The van der Waals surface area contributed by atoms with Gasteiger partial charge in [0.25, 0.3) is 0 Å². The van der Waals surface area contributed by atoms with Crippen LogP contribution in [-0.2, 0) is 14.2 Å². The number of nitrogens with zero attached hydrogens (tertiary/aromatic N) is 1. The molecule has 0 unspecified atom stereocenters. The Balaban J connectivity index is 2.40. The van der Waals surface area contributed by atoms with Gasteiger partial charge in [0.2, 0.25) is 0 Å². The fourth-order valence-corrected chi connectivity index (χ4v) is 3.51. The maximum atomic E-state index is 12.5. The van der Waals surface area contributed by atoms with Gasteiger partial charge in [-0.25, -0.2) is 14.4 Å². The summed E-state index contributed by atoms with van der Waals surface area (Å²) >= 11 is 0. The predicted octanol–water partition coefficient (Wildman–Crippen LogP) is 5.03. The highest BCUT2D eigenvalue weighted by Gasteiger charge is 2.26. The van der Waals surface area contributed by atoms with Gasteiger partial charge in [-0.2, -0.15) is 0 Å². The topological polar surface area (TPSA) is 82.1 Å². The van der Waals surface area contributed by atoms with Crippen LogP contribution in [-0.4, -0.2) is 38.0 Å². The van der Waals surface area contributed by atoms with E-state index in [4.69, 9.17) is 9.47 Å². The molecule has 0 aliphatic heterocycles. The summed E-state index contributed by atoms with van der Waals surface area (Å²) in [6.07, 6.45) is 4.13. The van der Waals surface area contributed by atoms with Crippen molar-refractivity contribution in [3.63, 3.8) is 0 Å². The van der Waals surface area contributed by atoms with Gasteiger partial charge in [-0.1, -0.05) is 25.3 Å². The Kier molecular flexibility index (Phi) is 8.29. The molecule has 1 aliphatic carbocycles. The number of hydrogen-bond donors (Lipinski definition) is 0. The summed E-state index contributed by atoms with van der Waals surface area (Å²) in [6, 6.07) is 5.33. The van der Waals surface area contributed by atoms with Crippen molar-refractivity contribution in [2.75, 3.05) is 24.7 Å². The zero-order valence-electron chi connectivity index (χ0n) is 16.9. The maximum Gasteiger partial charge on any atom is 0.516 e. The Morgan fingerprint density at radius 3 is 2.29 bits per heavy atom. The van der Waals surface area contributed by atoms with Gasteiger partial charge in [-0.3, -0.25) is 4.90 Å². The summed E-state index contributed by atoms with van der Waals surface area (Å²) in [5, 5.41) is 0. The summed E-state index contributed by atoms with van der Waals surface area (Å²) in [6.45, 7) is 5.77. The van der Waals surface area contributed by atoms with Gasteiger partial charge in [-0.05, 0) is 57.2 Å². The van der Waals surface area contributed by atoms with E-state index in [1.165, 1.54) is 24.2 Å². The highest BCUT2D eigenvalue weighted by Crippen LogP contribution is 2.35. The monoisotopic (exact) mass is 391 g/mol. The fourth-order valence-electron chi connectivity index (χ4n) is 3.51. The van der Waals surface area contributed by atoms with Crippen molar-refractivity contribution in [3.05, 3.63) is 29.3 Å². The van der Waals surface area contributed by atoms with Gasteiger partial charge in [-0.15, -0.1) is 0 Å². The zero-order valence-corrected chi connectivity index (χ0v) is 16.9. The maximum absolute atomic E-state index is 12.5. The molecule has 2 rings (SSSR count). The van der Waals surface area contributed by atoms with Crippen molar-refractivity contribution < 1.29 is 28.6 Å². The third kappa shape index (κ3) is 5.47. The van der Waals surface area contributed by atoms with Crippen LogP contribution < -0.4 is 4.90 Å². The Hall–Kier alpha value is -2.57. The van der Waals surface area contributed by atoms with Crippen molar-refractivity contribution >= 4 is 23.9 Å². The SMILES string of the molecule is CCOC(=O)OC(=O)c1ccc(C2CCCCC2)cc1N(CC)C(=O)OCC. The molecule has 0 atom stereocenters. The van der Waals surface area contributed by atoms with Crippen LogP contribution in [0.5, 0.6) is 0 Å². The van der Waals surface area contributed by atoms with E-state index in [0.717, 1.165) is 18.4 Å². The highest BCUT2D eigenvalue weighted by molar-refractivity contribution is 6.03. The van der Waals surface area contributed by atoms with Crippen LogP contribution in [0.25, 0.3) is 0 Å². The van der Waals surface area contributed by atoms with Crippen LogP contribution in [0.15, 0.2) is 18.2 Å². The molecule has 0 heterocycles. The summed E-state index contributed by atoms with van der Waals surface area (Å²) < 4.78 is 14.6. The van der Waals surface area contributed by atoms with Gasteiger partial charge in [0.15, 0.2) is 0 Å². The first-order chi connectivity index (χ1) is 13.5. The van der Waals surface area contributed by atoms with Crippen molar-refractivity contribution in [1.82, 2.24) is 0 Å². The largest absolute Gasteiger partial charge is 0.516 e. The molecule has 1 aliphatic rings. The minimum atomic E-state index is -1.06. The van der Waals surface area contributed by atoms with Crippen molar-refractivity contribution in [1.29, 1.82) is 0 Å². The number of carbonyl (C=O) groups excluding carboxylic acids is 3. The van der Waals surface area contributed by atoms with Gasteiger partial charge < -0.3 is 14.2 Å². The van der Waals surface area contributed by atoms with Gasteiger partial charge in [0, 0.05) is 6.54 Å². The molecule has 1 saturated carbocycles. The zero-order chi connectivity index (χ0) is 20.5. The van der Waals surface area contributed by atoms with Crippen LogP contribution in [0.1, 0.15) is 74.7 Å². The number of carbonyl (C=O) groups is 3. The Labute approximate surface area is 165 Å². The minimum absolute atomic E-state index is 0.101. The first kappa shape index (κ1) is 21.7. The lowest BCUT2D eigenvalue weighted by Crippen LogP contribution is -2.33. The Morgan fingerprint density at radius 2 is 1.68 bits per heavy atom. The molecule has 154 valence electrons. The van der Waals surface area contributed by atoms with E-state index in [0.29, 0.717) is 18.2 Å². The highest BCUT2D eigenvalue weighted by atomic mass is 16.7. The lowest BCUT2D eigenvalue weighted by atomic mass is 9.83. The molecule has 1 aromatic carbocycles. The smallest absolute Gasteiger partial charge is 0.449 e. The second-order valence-corrected chi connectivity index (χ2v) is 6.63. The first-order valence-corrected chi connectivity index (χ1v) is 9.98. The van der Waals surface area contributed by atoms with Crippen LogP contribution in [0.4, 0.5) is 15.3 Å². The van der Waals surface area contributed by atoms with E-state index >= 15 is 0 Å². The average Bonchev–Trinajstić information content (AvgIpc) is 2.69. The second kappa shape index (κ2) is 10.7.